The van der Waals surface area contributed by atoms with Gasteiger partial charge >= 0.3 is 11.9 Å². The fourth-order valence-electron chi connectivity index (χ4n) is 3.22. The van der Waals surface area contributed by atoms with Crippen LogP contribution in [-0.4, -0.2) is 31.3 Å². The van der Waals surface area contributed by atoms with Gasteiger partial charge in [0.25, 0.3) is 0 Å². The topological polar surface area (TPSA) is 73.9 Å². The Kier molecular flexibility index (Phi) is 6.89. The van der Waals surface area contributed by atoms with Crippen molar-refractivity contribution in [2.45, 2.75) is 59.7 Å². The predicted molar refractivity (Wildman–Crippen MR) is 107 cm³/mol. The Balaban J connectivity index is 2.60. The molecule has 1 N–H and O–H groups in total. The van der Waals surface area contributed by atoms with Crippen LogP contribution in [0.5, 0.6) is 5.75 Å². The maximum atomic E-state index is 12.9. The van der Waals surface area contributed by atoms with E-state index in [9.17, 15) is 9.59 Å². The first kappa shape index (κ1) is 21.5. The molecule has 28 heavy (non-hydrogen) atoms. The van der Waals surface area contributed by atoms with Crippen LogP contribution >= 0.6 is 0 Å². The molecule has 6 nitrogen and oxygen atoms in total. The average Bonchev–Trinajstić information content (AvgIpc) is 2.59. The molecule has 0 aliphatic carbocycles. The fourth-order valence-corrected chi connectivity index (χ4v) is 3.22. The van der Waals surface area contributed by atoms with Crippen LogP contribution in [0.25, 0.3) is 0 Å². The number of allylic oxidation sites excluding steroid dienone is 2. The molecule has 0 saturated heterocycles. The van der Waals surface area contributed by atoms with Gasteiger partial charge in [0.2, 0.25) is 0 Å². The zero-order chi connectivity index (χ0) is 21.0. The Morgan fingerprint density at radius 2 is 1.29 bits per heavy atom. The maximum absolute atomic E-state index is 12.9. The van der Waals surface area contributed by atoms with Gasteiger partial charge in [-0.2, -0.15) is 0 Å². The molecule has 0 radical (unpaired) electrons. The number of benzene rings is 1. The lowest BCUT2D eigenvalue weighted by Crippen LogP contribution is -2.33. The number of dihydropyridines is 1. The van der Waals surface area contributed by atoms with Crippen LogP contribution in [0.2, 0.25) is 0 Å². The quantitative estimate of drug-likeness (QED) is 0.748. The molecule has 1 aromatic carbocycles. The minimum absolute atomic E-state index is 0.276. The number of methoxy groups -OCH3 is 1. The molecule has 0 amide bonds. The number of carbonyl (C=O) groups is 2. The van der Waals surface area contributed by atoms with Gasteiger partial charge in [-0.05, 0) is 59.2 Å². The van der Waals surface area contributed by atoms with Crippen LogP contribution in [0.1, 0.15) is 53.0 Å². The third-order valence-corrected chi connectivity index (χ3v) is 4.33. The smallest absolute Gasteiger partial charge is 0.337 e. The zero-order valence-electron chi connectivity index (χ0n) is 17.6. The summed E-state index contributed by atoms with van der Waals surface area (Å²) in [7, 11) is 1.59. The van der Waals surface area contributed by atoms with E-state index >= 15 is 0 Å². The summed E-state index contributed by atoms with van der Waals surface area (Å²) < 4.78 is 16.2. The molecule has 2 rings (SSSR count). The second-order valence-corrected chi connectivity index (χ2v) is 7.32. The number of esters is 2. The molecule has 1 aromatic rings. The van der Waals surface area contributed by atoms with Gasteiger partial charge in [0.05, 0.1) is 36.4 Å². The highest BCUT2D eigenvalue weighted by molar-refractivity contribution is 6.00. The van der Waals surface area contributed by atoms with Crippen LogP contribution < -0.4 is 10.1 Å². The molecule has 0 unspecified atom stereocenters. The molecule has 0 saturated carbocycles. The lowest BCUT2D eigenvalue weighted by molar-refractivity contribution is -0.143. The van der Waals surface area contributed by atoms with Crippen LogP contribution in [0.4, 0.5) is 0 Å². The molecule has 0 aromatic heterocycles. The summed E-state index contributed by atoms with van der Waals surface area (Å²) in [5, 5.41) is 3.14. The van der Waals surface area contributed by atoms with Crippen molar-refractivity contribution in [2.24, 2.45) is 0 Å². The highest BCUT2D eigenvalue weighted by atomic mass is 16.5. The van der Waals surface area contributed by atoms with Crippen LogP contribution in [0, 0.1) is 0 Å². The first-order valence-electron chi connectivity index (χ1n) is 9.40. The van der Waals surface area contributed by atoms with Gasteiger partial charge in [0.1, 0.15) is 5.75 Å². The van der Waals surface area contributed by atoms with Crippen molar-refractivity contribution in [3.8, 4) is 5.75 Å². The first-order chi connectivity index (χ1) is 13.1. The summed E-state index contributed by atoms with van der Waals surface area (Å²) in [5.41, 5.74) is 2.91. The molecule has 1 heterocycles. The number of hydrogen-bond donors (Lipinski definition) is 1. The highest BCUT2D eigenvalue weighted by Gasteiger charge is 2.38. The Hall–Kier alpha value is -2.76. The van der Waals surface area contributed by atoms with Crippen molar-refractivity contribution in [2.75, 3.05) is 7.11 Å². The van der Waals surface area contributed by atoms with Gasteiger partial charge in [0, 0.05) is 11.4 Å². The molecular formula is C22H29NO5. The second kappa shape index (κ2) is 8.95. The van der Waals surface area contributed by atoms with Crippen LogP contribution in [0.3, 0.4) is 0 Å². The molecule has 0 fully saturated rings. The van der Waals surface area contributed by atoms with Crippen molar-refractivity contribution in [3.05, 3.63) is 52.4 Å². The normalized spacial score (nSPS) is 15.0. The number of carbonyl (C=O) groups excluding carboxylic acids is 2. The van der Waals surface area contributed by atoms with E-state index in [0.29, 0.717) is 28.3 Å². The molecule has 1 aliphatic heterocycles. The minimum Gasteiger partial charge on any atom is -0.497 e. The first-order valence-corrected chi connectivity index (χ1v) is 9.40. The number of rotatable bonds is 6. The third kappa shape index (κ3) is 4.74. The van der Waals surface area contributed by atoms with Crippen molar-refractivity contribution in [1.29, 1.82) is 0 Å². The number of hydrogen-bond acceptors (Lipinski definition) is 6. The molecule has 152 valence electrons. The standard InChI is InChI=1S/C22H29NO5/c1-12(2)27-21(24)18-14(5)23-15(6)19(22(25)28-13(3)4)20(18)16-8-10-17(26-7)11-9-16/h8-13,20,23H,1-7H3. The lowest BCUT2D eigenvalue weighted by atomic mass is 9.80. The summed E-state index contributed by atoms with van der Waals surface area (Å²) in [6, 6.07) is 7.30. The van der Waals surface area contributed by atoms with Crippen LogP contribution in [0.15, 0.2) is 46.8 Å². The van der Waals surface area contributed by atoms with E-state index in [1.165, 1.54) is 0 Å². The van der Waals surface area contributed by atoms with E-state index in [-0.39, 0.29) is 12.2 Å². The Bertz CT molecular complexity index is 759. The monoisotopic (exact) mass is 387 g/mol. The SMILES string of the molecule is COc1ccc(C2C(C(=O)OC(C)C)=C(C)NC(C)=C2C(=O)OC(C)C)cc1. The molecule has 1 aliphatic rings. The van der Waals surface area contributed by atoms with Crippen molar-refractivity contribution in [1.82, 2.24) is 5.32 Å². The van der Waals surface area contributed by atoms with Gasteiger partial charge in [-0.1, -0.05) is 12.1 Å². The van der Waals surface area contributed by atoms with Gasteiger partial charge in [-0.15, -0.1) is 0 Å². The van der Waals surface area contributed by atoms with Gasteiger partial charge in [0.15, 0.2) is 0 Å². The minimum atomic E-state index is -0.593. The molecular weight excluding hydrogens is 358 g/mol. The Labute approximate surface area is 166 Å². The van der Waals surface area contributed by atoms with E-state index < -0.39 is 17.9 Å². The van der Waals surface area contributed by atoms with Gasteiger partial charge in [-0.3, -0.25) is 0 Å². The highest BCUT2D eigenvalue weighted by Crippen LogP contribution is 2.40. The molecule has 6 heteroatoms. The van der Waals surface area contributed by atoms with E-state index in [1.807, 2.05) is 26.0 Å². The Morgan fingerprint density at radius 1 is 0.857 bits per heavy atom. The van der Waals surface area contributed by atoms with Crippen molar-refractivity contribution >= 4 is 11.9 Å². The fraction of sp³-hybridized carbons (Fsp3) is 0.455. The van der Waals surface area contributed by atoms with Crippen LogP contribution in [-0.2, 0) is 19.1 Å². The molecule has 0 spiro atoms. The van der Waals surface area contributed by atoms with Gasteiger partial charge in [-0.25, -0.2) is 9.59 Å². The predicted octanol–water partition coefficient (Wildman–Crippen LogP) is 3.83. The largest absolute Gasteiger partial charge is 0.497 e. The number of nitrogens with one attached hydrogen (secondary N) is 1. The maximum Gasteiger partial charge on any atom is 0.337 e. The number of ether oxygens (including phenoxy) is 3. The summed E-state index contributed by atoms with van der Waals surface area (Å²) >= 11 is 0. The van der Waals surface area contributed by atoms with Crippen molar-refractivity contribution < 1.29 is 23.8 Å². The third-order valence-electron chi connectivity index (χ3n) is 4.33. The summed E-state index contributed by atoms with van der Waals surface area (Å²) in [6.07, 6.45) is -0.551. The second-order valence-electron chi connectivity index (χ2n) is 7.32. The lowest BCUT2D eigenvalue weighted by Gasteiger charge is -2.31. The van der Waals surface area contributed by atoms with E-state index in [4.69, 9.17) is 14.2 Å². The summed E-state index contributed by atoms with van der Waals surface area (Å²) in [4.78, 5) is 25.8. The summed E-state index contributed by atoms with van der Waals surface area (Å²) in [6.45, 7) is 10.8. The van der Waals surface area contributed by atoms with Crippen molar-refractivity contribution in [3.63, 3.8) is 0 Å². The average molecular weight is 387 g/mol. The van der Waals surface area contributed by atoms with E-state index in [1.54, 1.807) is 46.9 Å². The Morgan fingerprint density at radius 3 is 1.64 bits per heavy atom. The molecule has 0 atom stereocenters. The summed E-state index contributed by atoms with van der Waals surface area (Å²) in [5.74, 6) is -0.812. The molecule has 0 bridgehead atoms. The van der Waals surface area contributed by atoms with E-state index in [2.05, 4.69) is 5.32 Å². The van der Waals surface area contributed by atoms with Gasteiger partial charge < -0.3 is 19.5 Å². The zero-order valence-corrected chi connectivity index (χ0v) is 17.6. The van der Waals surface area contributed by atoms with E-state index in [0.717, 1.165) is 5.56 Å².